The SMILES string of the molecule is C[Si](C)(Cn1ccnc1)c1ccc(Cl)cc1Cl. The van der Waals surface area contributed by atoms with Crippen LogP contribution in [0.5, 0.6) is 0 Å². The number of hydrogen-bond acceptors (Lipinski definition) is 1. The Bertz CT molecular complexity index is 509. The molecule has 2 nitrogen and oxygen atoms in total. The molecule has 90 valence electrons. The van der Waals surface area contributed by atoms with Crippen LogP contribution in [0.1, 0.15) is 0 Å². The lowest BCUT2D eigenvalue weighted by Gasteiger charge is -2.24. The molecule has 0 aliphatic rings. The molecule has 0 bridgehead atoms. The number of imidazole rings is 1. The van der Waals surface area contributed by atoms with Crippen LogP contribution in [-0.2, 0) is 6.17 Å². The average molecular weight is 285 g/mol. The minimum Gasteiger partial charge on any atom is -0.340 e. The van der Waals surface area contributed by atoms with Crippen molar-refractivity contribution in [3.05, 3.63) is 47.0 Å². The Morgan fingerprint density at radius 1 is 1.29 bits per heavy atom. The molecule has 2 rings (SSSR count). The quantitative estimate of drug-likeness (QED) is 0.791. The van der Waals surface area contributed by atoms with Gasteiger partial charge >= 0.3 is 0 Å². The molecule has 0 aliphatic heterocycles. The van der Waals surface area contributed by atoms with Crippen LogP contribution in [0.3, 0.4) is 0 Å². The Morgan fingerprint density at radius 3 is 2.65 bits per heavy atom. The van der Waals surface area contributed by atoms with Crippen LogP contribution in [0.15, 0.2) is 36.9 Å². The Labute approximate surface area is 112 Å². The summed E-state index contributed by atoms with van der Waals surface area (Å²) in [4.78, 5) is 4.07. The monoisotopic (exact) mass is 284 g/mol. The molecule has 0 saturated heterocycles. The van der Waals surface area contributed by atoms with Gasteiger partial charge in [-0.05, 0) is 17.3 Å². The molecule has 0 spiro atoms. The summed E-state index contributed by atoms with van der Waals surface area (Å²) in [5, 5.41) is 2.69. The van der Waals surface area contributed by atoms with E-state index in [2.05, 4.69) is 22.6 Å². The Balaban J connectivity index is 2.30. The second-order valence-electron chi connectivity index (χ2n) is 4.74. The highest BCUT2D eigenvalue weighted by Crippen LogP contribution is 2.18. The standard InChI is InChI=1S/C12H14Cl2N2Si/c1-17(2,9-16-6-5-15-8-16)12-4-3-10(13)7-11(12)14/h3-8H,9H2,1-2H3. The van der Waals surface area contributed by atoms with Crippen LogP contribution in [0, 0.1) is 0 Å². The van der Waals surface area contributed by atoms with Gasteiger partial charge < -0.3 is 4.57 Å². The predicted octanol–water partition coefficient (Wildman–Crippen LogP) is 3.34. The summed E-state index contributed by atoms with van der Waals surface area (Å²) >= 11 is 12.2. The highest BCUT2D eigenvalue weighted by atomic mass is 35.5. The summed E-state index contributed by atoms with van der Waals surface area (Å²) in [6, 6.07) is 5.78. The van der Waals surface area contributed by atoms with E-state index in [-0.39, 0.29) is 0 Å². The third-order valence-corrected chi connectivity index (χ3v) is 6.55. The molecule has 1 aromatic heterocycles. The first-order chi connectivity index (χ1) is 7.99. The molecule has 2 aromatic rings. The van der Waals surface area contributed by atoms with E-state index in [1.165, 1.54) is 5.19 Å². The summed E-state index contributed by atoms with van der Waals surface area (Å²) in [6.07, 6.45) is 6.60. The van der Waals surface area contributed by atoms with Crippen LogP contribution in [0.2, 0.25) is 23.1 Å². The van der Waals surface area contributed by atoms with Gasteiger partial charge in [-0.25, -0.2) is 4.98 Å². The number of rotatable bonds is 3. The van der Waals surface area contributed by atoms with Gasteiger partial charge in [-0.2, -0.15) is 0 Å². The van der Waals surface area contributed by atoms with Gasteiger partial charge in [-0.3, -0.25) is 0 Å². The van der Waals surface area contributed by atoms with Gasteiger partial charge in [-0.1, -0.05) is 42.4 Å². The molecule has 0 amide bonds. The van der Waals surface area contributed by atoms with Crippen molar-refractivity contribution in [1.82, 2.24) is 9.55 Å². The van der Waals surface area contributed by atoms with E-state index in [1.807, 2.05) is 30.7 Å². The van der Waals surface area contributed by atoms with Crippen molar-refractivity contribution in [2.45, 2.75) is 19.3 Å². The molecule has 0 unspecified atom stereocenters. The second-order valence-corrected chi connectivity index (χ2v) is 10.2. The lowest BCUT2D eigenvalue weighted by atomic mass is 10.4. The second kappa shape index (κ2) is 4.84. The van der Waals surface area contributed by atoms with Gasteiger partial charge in [0.05, 0.1) is 6.33 Å². The van der Waals surface area contributed by atoms with Crippen molar-refractivity contribution < 1.29 is 0 Å². The number of benzene rings is 1. The van der Waals surface area contributed by atoms with E-state index < -0.39 is 8.07 Å². The summed E-state index contributed by atoms with van der Waals surface area (Å²) in [7, 11) is -1.62. The van der Waals surface area contributed by atoms with Crippen LogP contribution in [0.4, 0.5) is 0 Å². The van der Waals surface area contributed by atoms with Crippen LogP contribution < -0.4 is 5.19 Å². The Morgan fingerprint density at radius 2 is 2.06 bits per heavy atom. The number of hydrogen-bond donors (Lipinski definition) is 0. The van der Waals surface area contributed by atoms with Gasteiger partial charge in [0, 0.05) is 28.6 Å². The molecular formula is C12H14Cl2N2Si. The fourth-order valence-electron chi connectivity index (χ4n) is 1.96. The highest BCUT2D eigenvalue weighted by molar-refractivity contribution is 6.90. The van der Waals surface area contributed by atoms with Gasteiger partial charge in [0.1, 0.15) is 8.07 Å². The molecule has 17 heavy (non-hydrogen) atoms. The third kappa shape index (κ3) is 2.92. The topological polar surface area (TPSA) is 17.8 Å². The molecule has 0 saturated carbocycles. The lowest BCUT2D eigenvalue weighted by Crippen LogP contribution is -2.46. The Kier molecular flexibility index (Phi) is 3.61. The van der Waals surface area contributed by atoms with Crippen LogP contribution in [-0.4, -0.2) is 17.6 Å². The summed E-state index contributed by atoms with van der Waals surface area (Å²) in [5.74, 6) is 0. The van der Waals surface area contributed by atoms with E-state index in [1.54, 1.807) is 6.20 Å². The molecular weight excluding hydrogens is 271 g/mol. The van der Waals surface area contributed by atoms with E-state index in [0.29, 0.717) is 5.02 Å². The van der Waals surface area contributed by atoms with Gasteiger partial charge in [0.2, 0.25) is 0 Å². The predicted molar refractivity (Wildman–Crippen MR) is 75.8 cm³/mol. The maximum Gasteiger partial charge on any atom is 0.104 e. The molecule has 1 aromatic carbocycles. The first kappa shape index (κ1) is 12.7. The minimum atomic E-state index is -1.62. The van der Waals surface area contributed by atoms with E-state index in [0.717, 1.165) is 11.2 Å². The third-order valence-electron chi connectivity index (χ3n) is 2.80. The average Bonchev–Trinajstić information content (AvgIpc) is 2.68. The van der Waals surface area contributed by atoms with E-state index >= 15 is 0 Å². The van der Waals surface area contributed by atoms with Gasteiger partial charge in [0.25, 0.3) is 0 Å². The van der Waals surface area contributed by atoms with E-state index in [9.17, 15) is 0 Å². The molecule has 0 radical (unpaired) electrons. The zero-order chi connectivity index (χ0) is 12.5. The zero-order valence-electron chi connectivity index (χ0n) is 9.82. The minimum absolute atomic E-state index is 0.686. The number of aromatic nitrogens is 2. The van der Waals surface area contributed by atoms with Crippen LogP contribution in [0.25, 0.3) is 0 Å². The van der Waals surface area contributed by atoms with Crippen molar-refractivity contribution in [3.8, 4) is 0 Å². The zero-order valence-corrected chi connectivity index (χ0v) is 12.3. The molecule has 0 aliphatic carbocycles. The van der Waals surface area contributed by atoms with E-state index in [4.69, 9.17) is 23.2 Å². The maximum atomic E-state index is 6.28. The van der Waals surface area contributed by atoms with Gasteiger partial charge in [-0.15, -0.1) is 0 Å². The molecule has 0 N–H and O–H groups in total. The van der Waals surface area contributed by atoms with Crippen LogP contribution >= 0.6 is 23.2 Å². The summed E-state index contributed by atoms with van der Waals surface area (Å²) in [6.45, 7) is 4.59. The fourth-order valence-corrected chi connectivity index (χ4v) is 5.66. The highest BCUT2D eigenvalue weighted by Gasteiger charge is 2.26. The molecule has 5 heteroatoms. The van der Waals surface area contributed by atoms with Crippen molar-refractivity contribution >= 4 is 36.5 Å². The normalized spacial score (nSPS) is 11.8. The molecule has 1 heterocycles. The first-order valence-electron chi connectivity index (χ1n) is 5.40. The lowest BCUT2D eigenvalue weighted by molar-refractivity contribution is 0.855. The first-order valence-corrected chi connectivity index (χ1v) is 9.36. The van der Waals surface area contributed by atoms with Crippen molar-refractivity contribution in [2.75, 3.05) is 0 Å². The summed E-state index contributed by atoms with van der Waals surface area (Å²) < 4.78 is 2.11. The van der Waals surface area contributed by atoms with Gasteiger partial charge in [0.15, 0.2) is 0 Å². The van der Waals surface area contributed by atoms with Crippen molar-refractivity contribution in [1.29, 1.82) is 0 Å². The molecule has 0 fully saturated rings. The Hall–Kier alpha value is -0.773. The smallest absolute Gasteiger partial charge is 0.104 e. The summed E-state index contributed by atoms with van der Waals surface area (Å²) in [5.41, 5.74) is 0. The fraction of sp³-hybridized carbons (Fsp3) is 0.250. The number of halogens is 2. The molecule has 0 atom stereocenters. The number of nitrogens with zero attached hydrogens (tertiary/aromatic N) is 2. The largest absolute Gasteiger partial charge is 0.340 e. The van der Waals surface area contributed by atoms with Crippen molar-refractivity contribution in [3.63, 3.8) is 0 Å². The maximum absolute atomic E-state index is 6.28. The van der Waals surface area contributed by atoms with Crippen molar-refractivity contribution in [2.24, 2.45) is 0 Å².